The van der Waals surface area contributed by atoms with Crippen LogP contribution < -0.4 is 15.8 Å². The average Bonchev–Trinajstić information content (AvgIpc) is 2.80. The minimum Gasteiger partial charge on any atom is -0.480 e. The maximum absolute atomic E-state index is 12.2. The highest BCUT2D eigenvalue weighted by atomic mass is 35.5. The molecule has 6 heteroatoms. The minimum absolute atomic E-state index is 0. The van der Waals surface area contributed by atoms with Crippen LogP contribution in [0.1, 0.15) is 25.8 Å². The molecular weight excluding hydrogens is 311 g/mol. The standard InChI is InChI=1S/C15H21ClN2O2.ClH/c1-9(2)5-12(8-17)18-15(19)14-7-10-6-11(16)3-4-13(10)20-14;/h3-4,6,9,12,14H,5,7-8,17H2,1-2H3,(H,18,19);1H. The highest BCUT2D eigenvalue weighted by Crippen LogP contribution is 2.31. The quantitative estimate of drug-likeness (QED) is 0.870. The van der Waals surface area contributed by atoms with Gasteiger partial charge in [-0.1, -0.05) is 25.4 Å². The zero-order chi connectivity index (χ0) is 14.7. The SMILES string of the molecule is CC(C)CC(CN)NC(=O)C1Cc2cc(Cl)ccc2O1.Cl. The summed E-state index contributed by atoms with van der Waals surface area (Å²) in [6.45, 7) is 4.66. The van der Waals surface area contributed by atoms with E-state index in [4.69, 9.17) is 22.1 Å². The Morgan fingerprint density at radius 3 is 2.86 bits per heavy atom. The third kappa shape index (κ3) is 4.77. The van der Waals surface area contributed by atoms with Gasteiger partial charge >= 0.3 is 0 Å². The summed E-state index contributed by atoms with van der Waals surface area (Å²) in [6.07, 6.45) is 0.943. The van der Waals surface area contributed by atoms with Crippen molar-refractivity contribution >= 4 is 29.9 Å². The molecule has 21 heavy (non-hydrogen) atoms. The van der Waals surface area contributed by atoms with Crippen LogP contribution >= 0.6 is 24.0 Å². The highest BCUT2D eigenvalue weighted by Gasteiger charge is 2.30. The summed E-state index contributed by atoms with van der Waals surface area (Å²) < 4.78 is 5.66. The second-order valence-corrected chi connectivity index (χ2v) is 6.07. The molecule has 1 aliphatic rings. The summed E-state index contributed by atoms with van der Waals surface area (Å²) in [5.74, 6) is 1.13. The van der Waals surface area contributed by atoms with Crippen molar-refractivity contribution in [1.82, 2.24) is 5.32 Å². The monoisotopic (exact) mass is 332 g/mol. The predicted octanol–water partition coefficient (Wildman–Crippen LogP) is 2.55. The molecule has 0 fully saturated rings. The van der Waals surface area contributed by atoms with E-state index in [1.807, 2.05) is 6.07 Å². The van der Waals surface area contributed by atoms with E-state index in [0.29, 0.717) is 23.9 Å². The lowest BCUT2D eigenvalue weighted by Crippen LogP contribution is -2.46. The van der Waals surface area contributed by atoms with E-state index in [0.717, 1.165) is 17.7 Å². The topological polar surface area (TPSA) is 64.3 Å². The summed E-state index contributed by atoms with van der Waals surface area (Å²) in [6, 6.07) is 5.42. The lowest BCUT2D eigenvalue weighted by Gasteiger charge is -2.20. The average molecular weight is 333 g/mol. The molecule has 4 nitrogen and oxygen atoms in total. The van der Waals surface area contributed by atoms with Gasteiger partial charge in [0.2, 0.25) is 0 Å². The first-order chi connectivity index (χ1) is 9.49. The smallest absolute Gasteiger partial charge is 0.261 e. The Bertz CT molecular complexity index is 495. The van der Waals surface area contributed by atoms with E-state index in [-0.39, 0.29) is 24.4 Å². The molecular formula is C15H22Cl2N2O2. The Morgan fingerprint density at radius 2 is 2.24 bits per heavy atom. The van der Waals surface area contributed by atoms with E-state index < -0.39 is 6.10 Å². The molecule has 0 saturated heterocycles. The number of nitrogens with two attached hydrogens (primary N) is 1. The molecule has 2 rings (SSSR count). The number of carbonyl (C=O) groups is 1. The van der Waals surface area contributed by atoms with Crippen LogP contribution in [0.5, 0.6) is 5.75 Å². The zero-order valence-electron chi connectivity index (χ0n) is 12.3. The van der Waals surface area contributed by atoms with E-state index in [2.05, 4.69) is 19.2 Å². The van der Waals surface area contributed by atoms with Crippen molar-refractivity contribution in [1.29, 1.82) is 0 Å². The predicted molar refractivity (Wildman–Crippen MR) is 87.3 cm³/mol. The van der Waals surface area contributed by atoms with Crippen LogP contribution in [0.3, 0.4) is 0 Å². The molecule has 0 radical (unpaired) electrons. The molecule has 1 aromatic rings. The van der Waals surface area contributed by atoms with Crippen LogP contribution in [0.25, 0.3) is 0 Å². The van der Waals surface area contributed by atoms with Gasteiger partial charge in [-0.25, -0.2) is 0 Å². The Morgan fingerprint density at radius 1 is 1.52 bits per heavy atom. The molecule has 1 aromatic carbocycles. The molecule has 2 atom stereocenters. The molecule has 118 valence electrons. The first-order valence-electron chi connectivity index (χ1n) is 6.95. The number of ether oxygens (including phenoxy) is 1. The van der Waals surface area contributed by atoms with Crippen molar-refractivity contribution in [3.8, 4) is 5.75 Å². The van der Waals surface area contributed by atoms with Crippen LogP contribution in [0.2, 0.25) is 5.02 Å². The third-order valence-corrected chi connectivity index (χ3v) is 3.61. The van der Waals surface area contributed by atoms with Gasteiger partial charge in [-0.3, -0.25) is 4.79 Å². The van der Waals surface area contributed by atoms with Gasteiger partial charge in [-0.05, 0) is 36.1 Å². The number of carbonyl (C=O) groups excluding carboxylic acids is 1. The maximum atomic E-state index is 12.2. The molecule has 3 N–H and O–H groups in total. The number of amides is 1. The number of rotatable bonds is 5. The lowest BCUT2D eigenvalue weighted by atomic mass is 10.0. The Hall–Kier alpha value is -0.970. The molecule has 0 bridgehead atoms. The first-order valence-corrected chi connectivity index (χ1v) is 7.33. The van der Waals surface area contributed by atoms with Gasteiger partial charge in [0.05, 0.1) is 0 Å². The van der Waals surface area contributed by atoms with Crippen molar-refractivity contribution in [3.05, 3.63) is 28.8 Å². The molecule has 0 spiro atoms. The number of nitrogens with one attached hydrogen (secondary N) is 1. The number of halogens is 2. The van der Waals surface area contributed by atoms with Gasteiger partial charge in [-0.2, -0.15) is 0 Å². The van der Waals surface area contributed by atoms with Crippen LogP contribution in [0.15, 0.2) is 18.2 Å². The minimum atomic E-state index is -0.482. The molecule has 1 amide bonds. The van der Waals surface area contributed by atoms with Crippen molar-refractivity contribution in [2.75, 3.05) is 6.54 Å². The number of hydrogen-bond donors (Lipinski definition) is 2. The summed E-state index contributed by atoms with van der Waals surface area (Å²) in [7, 11) is 0. The fourth-order valence-electron chi connectivity index (χ4n) is 2.44. The largest absolute Gasteiger partial charge is 0.480 e. The normalized spacial score (nSPS) is 17.7. The van der Waals surface area contributed by atoms with Crippen LogP contribution in [-0.4, -0.2) is 24.6 Å². The number of fused-ring (bicyclic) bond motifs is 1. The summed E-state index contributed by atoms with van der Waals surface area (Å²) >= 11 is 5.94. The molecule has 0 aromatic heterocycles. The molecule has 0 aliphatic carbocycles. The lowest BCUT2D eigenvalue weighted by molar-refractivity contribution is -0.128. The van der Waals surface area contributed by atoms with Gasteiger partial charge in [0.1, 0.15) is 5.75 Å². The zero-order valence-corrected chi connectivity index (χ0v) is 13.8. The molecule has 2 unspecified atom stereocenters. The van der Waals surface area contributed by atoms with Crippen molar-refractivity contribution in [2.45, 2.75) is 38.8 Å². The van der Waals surface area contributed by atoms with E-state index in [9.17, 15) is 4.79 Å². The van der Waals surface area contributed by atoms with Crippen LogP contribution in [-0.2, 0) is 11.2 Å². The summed E-state index contributed by atoms with van der Waals surface area (Å²) in [4.78, 5) is 12.2. The van der Waals surface area contributed by atoms with E-state index >= 15 is 0 Å². The van der Waals surface area contributed by atoms with Crippen molar-refractivity contribution in [2.24, 2.45) is 11.7 Å². The molecule has 1 heterocycles. The molecule has 1 aliphatic heterocycles. The summed E-state index contributed by atoms with van der Waals surface area (Å²) in [5, 5.41) is 3.63. The summed E-state index contributed by atoms with van der Waals surface area (Å²) in [5.41, 5.74) is 6.68. The van der Waals surface area contributed by atoms with Crippen LogP contribution in [0, 0.1) is 5.92 Å². The number of benzene rings is 1. The molecule has 0 saturated carbocycles. The van der Waals surface area contributed by atoms with Gasteiger partial charge in [0.25, 0.3) is 5.91 Å². The Kier molecular flexibility index (Phi) is 6.78. The second-order valence-electron chi connectivity index (χ2n) is 5.63. The van der Waals surface area contributed by atoms with Crippen molar-refractivity contribution < 1.29 is 9.53 Å². The van der Waals surface area contributed by atoms with Gasteiger partial charge in [-0.15, -0.1) is 12.4 Å². The first kappa shape index (κ1) is 18.1. The second kappa shape index (κ2) is 7.87. The van der Waals surface area contributed by atoms with Gasteiger partial charge in [0, 0.05) is 24.0 Å². The van der Waals surface area contributed by atoms with Crippen LogP contribution in [0.4, 0.5) is 0 Å². The van der Waals surface area contributed by atoms with Gasteiger partial charge < -0.3 is 15.8 Å². The fraction of sp³-hybridized carbons (Fsp3) is 0.533. The Labute approximate surface area is 136 Å². The number of hydrogen-bond acceptors (Lipinski definition) is 3. The maximum Gasteiger partial charge on any atom is 0.261 e. The van der Waals surface area contributed by atoms with E-state index in [1.165, 1.54) is 0 Å². The highest BCUT2D eigenvalue weighted by molar-refractivity contribution is 6.30. The van der Waals surface area contributed by atoms with Crippen molar-refractivity contribution in [3.63, 3.8) is 0 Å². The van der Waals surface area contributed by atoms with E-state index in [1.54, 1.807) is 12.1 Å². The van der Waals surface area contributed by atoms with Gasteiger partial charge in [0.15, 0.2) is 6.10 Å². The Balaban J connectivity index is 0.00000220. The third-order valence-electron chi connectivity index (χ3n) is 3.38. The fourth-order valence-corrected chi connectivity index (χ4v) is 2.64.